The summed E-state index contributed by atoms with van der Waals surface area (Å²) in [7, 11) is 0. The molecule has 0 bridgehead atoms. The highest BCUT2D eigenvalue weighted by Crippen LogP contribution is 2.32. The molecule has 0 spiro atoms. The van der Waals surface area contributed by atoms with E-state index < -0.39 is 11.6 Å². The topological polar surface area (TPSA) is 92.2 Å². The van der Waals surface area contributed by atoms with Crippen LogP contribution in [0.4, 0.5) is 10.1 Å². The number of para-hydroxylation sites is 1. The summed E-state index contributed by atoms with van der Waals surface area (Å²) < 4.78 is 21.9. The molecule has 194 valence electrons. The molecule has 4 aromatic rings. The van der Waals surface area contributed by atoms with Crippen LogP contribution in [0, 0.1) is 5.82 Å². The minimum atomic E-state index is -0.485. The summed E-state index contributed by atoms with van der Waals surface area (Å²) in [5.41, 5.74) is 1.29. The van der Waals surface area contributed by atoms with Crippen LogP contribution in [-0.2, 0) is 5.54 Å². The second kappa shape index (κ2) is 9.93. The third-order valence-corrected chi connectivity index (χ3v) is 6.70. The molecule has 0 radical (unpaired) electrons. The molecule has 1 saturated heterocycles. The van der Waals surface area contributed by atoms with Gasteiger partial charge in [-0.05, 0) is 74.5 Å². The summed E-state index contributed by atoms with van der Waals surface area (Å²) in [5.74, 6) is 1.10. The van der Waals surface area contributed by atoms with E-state index in [2.05, 4.69) is 25.4 Å². The van der Waals surface area contributed by atoms with Gasteiger partial charge in [0.15, 0.2) is 5.82 Å². The van der Waals surface area contributed by atoms with Crippen LogP contribution in [0.5, 0.6) is 5.75 Å². The van der Waals surface area contributed by atoms with Gasteiger partial charge in [0.25, 0.3) is 5.56 Å². The van der Waals surface area contributed by atoms with Crippen LogP contribution in [0.1, 0.15) is 45.1 Å². The predicted molar refractivity (Wildman–Crippen MR) is 141 cm³/mol. The first-order valence-corrected chi connectivity index (χ1v) is 12.6. The average Bonchev–Trinajstić information content (AvgIpc) is 3.36. The quantitative estimate of drug-likeness (QED) is 0.427. The molecule has 37 heavy (non-hydrogen) atoms. The fourth-order valence-corrected chi connectivity index (χ4v) is 4.93. The van der Waals surface area contributed by atoms with Gasteiger partial charge in [0.1, 0.15) is 17.6 Å². The second-order valence-corrected chi connectivity index (χ2v) is 10.2. The van der Waals surface area contributed by atoms with Gasteiger partial charge in [0.05, 0.1) is 17.8 Å². The van der Waals surface area contributed by atoms with E-state index in [-0.39, 0.29) is 11.4 Å². The lowest BCUT2D eigenvalue weighted by molar-refractivity contribution is 0.190. The number of anilines is 1. The zero-order chi connectivity index (χ0) is 26.2. The maximum absolute atomic E-state index is 14.5. The van der Waals surface area contributed by atoms with Gasteiger partial charge in [-0.15, -0.1) is 5.10 Å². The van der Waals surface area contributed by atoms with E-state index in [1.807, 2.05) is 62.9 Å². The first-order chi connectivity index (χ1) is 17.8. The number of nitrogens with zero attached hydrogens (tertiary/aromatic N) is 6. The van der Waals surface area contributed by atoms with Crippen molar-refractivity contribution in [2.45, 2.75) is 39.3 Å². The first-order valence-electron chi connectivity index (χ1n) is 12.6. The monoisotopic (exact) mass is 505 g/mol. The van der Waals surface area contributed by atoms with Gasteiger partial charge in [0.2, 0.25) is 0 Å². The Hall–Kier alpha value is -3.79. The minimum Gasteiger partial charge on any atom is -0.494 e. The number of fused-ring (bicyclic) bond motifs is 1. The van der Waals surface area contributed by atoms with E-state index in [9.17, 15) is 9.18 Å². The molecule has 2 aromatic carbocycles. The molecule has 2 aromatic heterocycles. The van der Waals surface area contributed by atoms with Crippen molar-refractivity contribution in [2.75, 3.05) is 37.7 Å². The van der Waals surface area contributed by atoms with Crippen molar-refractivity contribution in [2.24, 2.45) is 0 Å². The molecule has 1 aliphatic heterocycles. The summed E-state index contributed by atoms with van der Waals surface area (Å²) in [4.78, 5) is 20.7. The van der Waals surface area contributed by atoms with Crippen LogP contribution in [0.3, 0.4) is 0 Å². The van der Waals surface area contributed by atoms with Crippen molar-refractivity contribution < 1.29 is 9.13 Å². The lowest BCUT2D eigenvalue weighted by atomic mass is 10.0. The van der Waals surface area contributed by atoms with Crippen LogP contribution >= 0.6 is 0 Å². The Morgan fingerprint density at radius 2 is 1.84 bits per heavy atom. The largest absolute Gasteiger partial charge is 0.494 e. The molecule has 3 heterocycles. The number of halogens is 1. The highest BCUT2D eigenvalue weighted by molar-refractivity contribution is 5.80. The molecule has 1 atom stereocenters. The Balaban J connectivity index is 1.56. The molecule has 10 heteroatoms. The van der Waals surface area contributed by atoms with Gasteiger partial charge >= 0.3 is 0 Å². The van der Waals surface area contributed by atoms with Gasteiger partial charge in [-0.1, -0.05) is 12.1 Å². The highest BCUT2D eigenvalue weighted by Gasteiger charge is 2.35. The smallest absolute Gasteiger partial charge is 0.253 e. The van der Waals surface area contributed by atoms with Crippen LogP contribution in [0.25, 0.3) is 10.9 Å². The Morgan fingerprint density at radius 1 is 1.08 bits per heavy atom. The molecule has 5 rings (SSSR count). The summed E-state index contributed by atoms with van der Waals surface area (Å²) >= 11 is 0. The molecule has 9 nitrogen and oxygen atoms in total. The third kappa shape index (κ3) is 4.93. The average molecular weight is 506 g/mol. The number of nitrogens with one attached hydrogen (secondary N) is 1. The van der Waals surface area contributed by atoms with Crippen LogP contribution < -0.4 is 15.2 Å². The first kappa shape index (κ1) is 24.9. The molecule has 0 amide bonds. The fourth-order valence-electron chi connectivity index (χ4n) is 4.93. The van der Waals surface area contributed by atoms with E-state index in [0.717, 1.165) is 16.7 Å². The van der Waals surface area contributed by atoms with Crippen molar-refractivity contribution in [1.82, 2.24) is 30.1 Å². The number of ether oxygens (including phenoxy) is 1. The van der Waals surface area contributed by atoms with Gasteiger partial charge in [-0.2, -0.15) is 0 Å². The summed E-state index contributed by atoms with van der Waals surface area (Å²) in [6.07, 6.45) is 0. The number of hydrogen-bond acceptors (Lipinski definition) is 7. The molecule has 0 saturated carbocycles. The molecule has 0 unspecified atom stereocenters. The number of H-pyrrole nitrogens is 1. The van der Waals surface area contributed by atoms with Gasteiger partial charge in [-0.25, -0.2) is 9.07 Å². The standard InChI is InChI=1S/C27H32FN7O2/c1-5-37-19-10-11-22-18(16-19)17-20(26(36)29-22)24(25-30-31-32-35(25)27(2,3)4)34-14-12-33(13-15-34)23-9-7-6-8-21(23)28/h6-11,16-17,24H,5,12-15H2,1-4H3,(H,29,36)/t24-/m1/s1. The lowest BCUT2D eigenvalue weighted by Gasteiger charge is -2.40. The second-order valence-electron chi connectivity index (χ2n) is 10.2. The van der Waals surface area contributed by atoms with Crippen molar-refractivity contribution in [3.05, 3.63) is 76.1 Å². The van der Waals surface area contributed by atoms with Crippen molar-refractivity contribution >= 4 is 16.6 Å². The summed E-state index contributed by atoms with van der Waals surface area (Å²) in [6, 6.07) is 13.9. The number of hydrogen-bond donors (Lipinski definition) is 1. The molecule has 1 N–H and O–H groups in total. The fraction of sp³-hybridized carbons (Fsp3) is 0.407. The number of aromatic nitrogens is 5. The molecule has 0 aliphatic carbocycles. The van der Waals surface area contributed by atoms with E-state index in [4.69, 9.17) is 4.74 Å². The highest BCUT2D eigenvalue weighted by atomic mass is 19.1. The number of benzene rings is 2. The van der Waals surface area contributed by atoms with Gasteiger partial charge in [-0.3, -0.25) is 9.69 Å². The van der Waals surface area contributed by atoms with Crippen molar-refractivity contribution in [3.63, 3.8) is 0 Å². The molecular formula is C27H32FN7O2. The third-order valence-electron chi connectivity index (χ3n) is 6.70. The van der Waals surface area contributed by atoms with Crippen molar-refractivity contribution in [3.8, 4) is 5.75 Å². The number of tetrazole rings is 1. The zero-order valence-electron chi connectivity index (χ0n) is 21.6. The van der Waals surface area contributed by atoms with Crippen LogP contribution in [0.2, 0.25) is 0 Å². The Morgan fingerprint density at radius 3 is 2.54 bits per heavy atom. The minimum absolute atomic E-state index is 0.193. The predicted octanol–water partition coefficient (Wildman–Crippen LogP) is 3.72. The van der Waals surface area contributed by atoms with Crippen LogP contribution in [-0.4, -0.2) is 62.9 Å². The van der Waals surface area contributed by atoms with E-state index in [1.165, 1.54) is 6.07 Å². The number of pyridine rings is 1. The van der Waals surface area contributed by atoms with Crippen LogP contribution in [0.15, 0.2) is 53.3 Å². The molecule has 1 aliphatic rings. The van der Waals surface area contributed by atoms with E-state index in [1.54, 1.807) is 16.8 Å². The normalized spacial score (nSPS) is 15.8. The van der Waals surface area contributed by atoms with Crippen molar-refractivity contribution in [1.29, 1.82) is 0 Å². The Kier molecular flexibility index (Phi) is 6.68. The van der Waals surface area contributed by atoms with E-state index in [0.29, 0.717) is 49.9 Å². The molecular weight excluding hydrogens is 473 g/mol. The maximum atomic E-state index is 14.5. The number of aromatic amines is 1. The SMILES string of the molecule is CCOc1ccc2[nH]c(=O)c([C@H](c3nnnn3C(C)(C)C)N3CCN(c4ccccc4F)CC3)cc2c1. The number of rotatable bonds is 6. The Labute approximate surface area is 214 Å². The zero-order valence-corrected chi connectivity index (χ0v) is 21.6. The lowest BCUT2D eigenvalue weighted by Crippen LogP contribution is -2.49. The summed E-state index contributed by atoms with van der Waals surface area (Å²) in [5, 5.41) is 13.5. The number of piperazine rings is 1. The van der Waals surface area contributed by atoms with Gasteiger partial charge in [0, 0.05) is 42.6 Å². The van der Waals surface area contributed by atoms with E-state index >= 15 is 0 Å². The maximum Gasteiger partial charge on any atom is 0.253 e. The summed E-state index contributed by atoms with van der Waals surface area (Å²) in [6.45, 7) is 11.0. The van der Waals surface area contributed by atoms with Gasteiger partial charge < -0.3 is 14.6 Å². The molecule has 1 fully saturated rings. The Bertz CT molecular complexity index is 1450.